The van der Waals surface area contributed by atoms with Crippen LogP contribution in [0.4, 0.5) is 24.7 Å². The van der Waals surface area contributed by atoms with Crippen molar-refractivity contribution in [3.8, 4) is 11.8 Å². The first kappa shape index (κ1) is 28.1. The molecule has 1 fully saturated rings. The Morgan fingerprint density at radius 2 is 1.71 bits per heavy atom. The van der Waals surface area contributed by atoms with Crippen LogP contribution in [-0.2, 0) is 12.7 Å². The van der Waals surface area contributed by atoms with Crippen LogP contribution >= 0.6 is 0 Å². The van der Waals surface area contributed by atoms with Gasteiger partial charge in [0.1, 0.15) is 5.82 Å². The number of halogens is 3. The van der Waals surface area contributed by atoms with Crippen LogP contribution in [0.3, 0.4) is 0 Å². The standard InChI is InChI=1S/C32H30F3N5O/c1-21-7-8-24(17-22(21)9-10-23-18-30(36)38-29-6-4-3-5-27(23)29)31(41)37-26-12-11-25(28(19-26)32(33,34)35)20-40-15-13-39(2)14-16-40/h3-8,11-12,17-19H,13-16,20H2,1-2H3,(H2,36,38)(H,37,41). The van der Waals surface area contributed by atoms with Crippen LogP contribution in [0.1, 0.15) is 38.2 Å². The van der Waals surface area contributed by atoms with E-state index in [1.54, 1.807) is 24.3 Å². The molecule has 0 spiro atoms. The van der Waals surface area contributed by atoms with Gasteiger partial charge in [0.25, 0.3) is 5.91 Å². The molecule has 0 atom stereocenters. The van der Waals surface area contributed by atoms with Crippen molar-refractivity contribution in [2.75, 3.05) is 44.3 Å². The van der Waals surface area contributed by atoms with Crippen molar-refractivity contribution >= 4 is 28.3 Å². The molecule has 5 rings (SSSR count). The second-order valence-corrected chi connectivity index (χ2v) is 10.3. The molecule has 41 heavy (non-hydrogen) atoms. The zero-order valence-corrected chi connectivity index (χ0v) is 22.8. The van der Waals surface area contributed by atoms with Crippen molar-refractivity contribution in [1.82, 2.24) is 14.8 Å². The molecule has 1 amide bonds. The molecular weight excluding hydrogens is 527 g/mol. The highest BCUT2D eigenvalue weighted by Gasteiger charge is 2.34. The van der Waals surface area contributed by atoms with E-state index in [1.807, 2.05) is 43.1 Å². The average Bonchev–Trinajstić information content (AvgIpc) is 2.93. The predicted molar refractivity (Wildman–Crippen MR) is 155 cm³/mol. The molecule has 4 aromatic rings. The quantitative estimate of drug-likeness (QED) is 0.322. The van der Waals surface area contributed by atoms with Crippen LogP contribution in [0.15, 0.2) is 66.7 Å². The summed E-state index contributed by atoms with van der Waals surface area (Å²) in [5, 5.41) is 3.49. The number of aromatic nitrogens is 1. The first-order valence-electron chi connectivity index (χ1n) is 13.3. The lowest BCUT2D eigenvalue weighted by molar-refractivity contribution is -0.138. The Hall–Kier alpha value is -4.39. The maximum absolute atomic E-state index is 14.0. The van der Waals surface area contributed by atoms with Gasteiger partial charge in [-0.25, -0.2) is 4.98 Å². The topological polar surface area (TPSA) is 74.5 Å². The first-order valence-corrected chi connectivity index (χ1v) is 13.3. The third-order valence-corrected chi connectivity index (χ3v) is 7.23. The van der Waals surface area contributed by atoms with Crippen LogP contribution in [0, 0.1) is 18.8 Å². The predicted octanol–water partition coefficient (Wildman–Crippen LogP) is 5.54. The number of nitrogens with two attached hydrogens (primary N) is 1. The maximum Gasteiger partial charge on any atom is 0.416 e. The fourth-order valence-corrected chi connectivity index (χ4v) is 4.84. The van der Waals surface area contributed by atoms with Gasteiger partial charge in [-0.2, -0.15) is 13.2 Å². The van der Waals surface area contributed by atoms with E-state index < -0.39 is 17.6 Å². The van der Waals surface area contributed by atoms with E-state index in [0.717, 1.165) is 35.6 Å². The number of para-hydroxylation sites is 1. The smallest absolute Gasteiger partial charge is 0.384 e. The summed E-state index contributed by atoms with van der Waals surface area (Å²) < 4.78 is 41.9. The first-order chi connectivity index (χ1) is 19.6. The number of carbonyl (C=O) groups is 1. The lowest BCUT2D eigenvalue weighted by Gasteiger charge is -2.33. The third kappa shape index (κ3) is 6.68. The molecule has 210 valence electrons. The monoisotopic (exact) mass is 557 g/mol. The summed E-state index contributed by atoms with van der Waals surface area (Å²) in [6.45, 7) is 5.11. The number of alkyl halides is 3. The van der Waals surface area contributed by atoms with Crippen molar-refractivity contribution in [2.45, 2.75) is 19.6 Å². The number of rotatable bonds is 4. The fourth-order valence-electron chi connectivity index (χ4n) is 4.84. The molecule has 2 heterocycles. The lowest BCUT2D eigenvalue weighted by Crippen LogP contribution is -2.44. The number of nitrogens with one attached hydrogen (secondary N) is 1. The Labute approximate surface area is 237 Å². The van der Waals surface area contributed by atoms with Crippen LogP contribution in [-0.4, -0.2) is 53.9 Å². The molecule has 1 aromatic heterocycles. The third-order valence-electron chi connectivity index (χ3n) is 7.23. The Kier molecular flexibility index (Phi) is 7.97. The van der Waals surface area contributed by atoms with Crippen molar-refractivity contribution in [1.29, 1.82) is 0 Å². The number of fused-ring (bicyclic) bond motifs is 1. The summed E-state index contributed by atoms with van der Waals surface area (Å²) in [5.41, 5.74) is 8.68. The highest BCUT2D eigenvalue weighted by molar-refractivity contribution is 6.04. The second kappa shape index (κ2) is 11.6. The lowest BCUT2D eigenvalue weighted by atomic mass is 10.0. The molecule has 0 saturated carbocycles. The summed E-state index contributed by atoms with van der Waals surface area (Å²) in [6.07, 6.45) is -4.55. The number of amides is 1. The van der Waals surface area contributed by atoms with Gasteiger partial charge in [0.2, 0.25) is 0 Å². The van der Waals surface area contributed by atoms with Crippen LogP contribution in [0.25, 0.3) is 10.9 Å². The minimum atomic E-state index is -4.55. The molecule has 1 aliphatic rings. The minimum Gasteiger partial charge on any atom is -0.384 e. The van der Waals surface area contributed by atoms with E-state index in [1.165, 1.54) is 12.1 Å². The fraction of sp³-hybridized carbons (Fsp3) is 0.250. The van der Waals surface area contributed by atoms with Gasteiger partial charge >= 0.3 is 6.18 Å². The van der Waals surface area contributed by atoms with Gasteiger partial charge in [0, 0.05) is 60.5 Å². The molecule has 0 unspecified atom stereocenters. The number of likely N-dealkylation sites (N-methyl/N-ethyl adjacent to an activating group) is 1. The SMILES string of the molecule is Cc1ccc(C(=O)Nc2ccc(CN3CCN(C)CC3)c(C(F)(F)F)c2)cc1C#Cc1cc(N)nc2ccccc12. The number of aryl methyl sites for hydroxylation is 1. The average molecular weight is 558 g/mol. The molecule has 0 aliphatic carbocycles. The molecule has 1 saturated heterocycles. The minimum absolute atomic E-state index is 0.0800. The summed E-state index contributed by atoms with van der Waals surface area (Å²) in [6, 6.07) is 18.2. The number of hydrogen-bond donors (Lipinski definition) is 2. The highest BCUT2D eigenvalue weighted by atomic mass is 19.4. The van der Waals surface area contributed by atoms with Crippen molar-refractivity contribution in [3.63, 3.8) is 0 Å². The Balaban J connectivity index is 1.37. The van der Waals surface area contributed by atoms with Gasteiger partial charge in [-0.3, -0.25) is 9.69 Å². The number of nitrogen functional groups attached to an aromatic ring is 1. The molecule has 0 radical (unpaired) electrons. The van der Waals surface area contributed by atoms with Gasteiger partial charge in [0.05, 0.1) is 11.1 Å². The van der Waals surface area contributed by atoms with Gasteiger partial charge in [-0.1, -0.05) is 42.2 Å². The van der Waals surface area contributed by atoms with Crippen LogP contribution < -0.4 is 11.1 Å². The van der Waals surface area contributed by atoms with E-state index in [9.17, 15) is 18.0 Å². The van der Waals surface area contributed by atoms with E-state index in [4.69, 9.17) is 5.73 Å². The number of benzene rings is 3. The van der Waals surface area contributed by atoms with Crippen LogP contribution in [0.2, 0.25) is 0 Å². The molecule has 0 bridgehead atoms. The van der Waals surface area contributed by atoms with Gasteiger partial charge in [0.15, 0.2) is 0 Å². The van der Waals surface area contributed by atoms with Gasteiger partial charge in [-0.05, 0) is 61.5 Å². The van der Waals surface area contributed by atoms with Crippen LogP contribution in [0.5, 0.6) is 0 Å². The van der Waals surface area contributed by atoms with Crippen molar-refractivity contribution in [3.05, 3.63) is 100 Å². The molecule has 1 aliphatic heterocycles. The Morgan fingerprint density at radius 1 is 0.976 bits per heavy atom. The number of hydrogen-bond acceptors (Lipinski definition) is 5. The van der Waals surface area contributed by atoms with Gasteiger partial charge in [-0.15, -0.1) is 0 Å². The van der Waals surface area contributed by atoms with E-state index >= 15 is 0 Å². The summed E-state index contributed by atoms with van der Waals surface area (Å²) >= 11 is 0. The van der Waals surface area contributed by atoms with E-state index in [-0.39, 0.29) is 23.4 Å². The Morgan fingerprint density at radius 3 is 2.46 bits per heavy atom. The number of nitrogens with zero attached hydrogens (tertiary/aromatic N) is 3. The summed E-state index contributed by atoms with van der Waals surface area (Å²) in [7, 11) is 2.00. The molecular formula is C32H30F3N5O. The highest BCUT2D eigenvalue weighted by Crippen LogP contribution is 2.35. The summed E-state index contributed by atoms with van der Waals surface area (Å²) in [5.74, 6) is 6.08. The number of pyridine rings is 1. The molecule has 3 aromatic carbocycles. The maximum atomic E-state index is 14.0. The number of anilines is 2. The van der Waals surface area contributed by atoms with Crippen molar-refractivity contribution in [2.24, 2.45) is 0 Å². The van der Waals surface area contributed by atoms with E-state index in [0.29, 0.717) is 30.0 Å². The summed E-state index contributed by atoms with van der Waals surface area (Å²) in [4.78, 5) is 21.6. The number of carbonyl (C=O) groups excluding carboxylic acids is 1. The molecule has 3 N–H and O–H groups in total. The normalized spacial score (nSPS) is 14.5. The largest absolute Gasteiger partial charge is 0.416 e. The van der Waals surface area contributed by atoms with E-state index in [2.05, 4.69) is 27.0 Å². The zero-order chi connectivity index (χ0) is 29.1. The molecule has 9 heteroatoms. The van der Waals surface area contributed by atoms with Gasteiger partial charge < -0.3 is 16.0 Å². The molecule has 6 nitrogen and oxygen atoms in total. The number of piperazine rings is 1. The zero-order valence-electron chi connectivity index (χ0n) is 22.8. The second-order valence-electron chi connectivity index (χ2n) is 10.3. The van der Waals surface area contributed by atoms with Crippen molar-refractivity contribution < 1.29 is 18.0 Å². The Bertz CT molecular complexity index is 1660.